The largest absolute Gasteiger partial charge is 0.490 e. The summed E-state index contributed by atoms with van der Waals surface area (Å²) >= 11 is 0. The van der Waals surface area contributed by atoms with Gasteiger partial charge in [0.1, 0.15) is 11.6 Å². The van der Waals surface area contributed by atoms with Crippen molar-refractivity contribution in [1.82, 2.24) is 10.6 Å². The van der Waals surface area contributed by atoms with E-state index >= 15 is 0 Å². The first-order valence-electron chi connectivity index (χ1n) is 11.0. The van der Waals surface area contributed by atoms with Gasteiger partial charge in [0.15, 0.2) is 24.3 Å². The maximum atomic E-state index is 13.9. The second-order valence-electron chi connectivity index (χ2n) is 7.24. The predicted octanol–water partition coefficient (Wildman–Crippen LogP) is 4.06. The lowest BCUT2D eigenvalue weighted by Crippen LogP contribution is -2.39. The van der Waals surface area contributed by atoms with Gasteiger partial charge in [0.05, 0.1) is 19.8 Å². The number of nitrogens with zero attached hydrogens (tertiary/aromatic N) is 1. The van der Waals surface area contributed by atoms with Crippen LogP contribution in [0, 0.1) is 5.82 Å². The van der Waals surface area contributed by atoms with Gasteiger partial charge in [-0.2, -0.15) is 0 Å². The fourth-order valence-corrected chi connectivity index (χ4v) is 3.55. The van der Waals surface area contributed by atoms with Gasteiger partial charge in [0, 0.05) is 25.7 Å². The quantitative estimate of drug-likeness (QED) is 0.254. The third-order valence-corrected chi connectivity index (χ3v) is 4.98. The Morgan fingerprint density at radius 3 is 2.48 bits per heavy atom. The summed E-state index contributed by atoms with van der Waals surface area (Å²) in [6.07, 6.45) is 1.41. The molecule has 0 spiro atoms. The van der Waals surface area contributed by atoms with E-state index in [0.717, 1.165) is 40.4 Å². The molecule has 0 aromatic heterocycles. The molecule has 182 valence electrons. The number of rotatable bonds is 10. The van der Waals surface area contributed by atoms with Gasteiger partial charge >= 0.3 is 0 Å². The first-order valence-corrected chi connectivity index (χ1v) is 11.0. The molecule has 0 radical (unpaired) electrons. The fourth-order valence-electron chi connectivity index (χ4n) is 3.55. The van der Waals surface area contributed by atoms with E-state index in [0.29, 0.717) is 45.3 Å². The Kier molecular flexibility index (Phi) is 11.5. The normalized spacial score (nSPS) is 12.8. The van der Waals surface area contributed by atoms with Crippen molar-refractivity contribution in [3.8, 4) is 17.2 Å². The molecular weight excluding hydrogens is 540 g/mol. The molecule has 1 aliphatic heterocycles. The zero-order valence-electron chi connectivity index (χ0n) is 19.4. The Bertz CT molecular complexity index is 927. The molecule has 0 amide bonds. The highest BCUT2D eigenvalue weighted by Crippen LogP contribution is 2.30. The van der Waals surface area contributed by atoms with Crippen LogP contribution in [0.5, 0.6) is 17.2 Å². The Morgan fingerprint density at radius 1 is 1.03 bits per heavy atom. The number of benzene rings is 2. The standard InChI is InChI=1S/C24H32FN3O4.HI/c1-4-30-21-7-6-17(12-22(21)31-5-2)8-10-27-24(26-3)28-11-9-18-13-20(25)14-19-15-29-16-32-23(18)19;/h6-7,12-14H,4-5,8-11,15-16H2,1-3H3,(H2,26,27,28);1H. The molecule has 9 heteroatoms. The molecular formula is C24H33FIN3O4. The van der Waals surface area contributed by atoms with Gasteiger partial charge in [0.2, 0.25) is 0 Å². The van der Waals surface area contributed by atoms with Crippen molar-refractivity contribution in [2.45, 2.75) is 33.3 Å². The van der Waals surface area contributed by atoms with Crippen LogP contribution in [0.15, 0.2) is 35.3 Å². The molecule has 1 heterocycles. The number of nitrogens with one attached hydrogen (secondary N) is 2. The summed E-state index contributed by atoms with van der Waals surface area (Å²) < 4.78 is 36.0. The highest BCUT2D eigenvalue weighted by molar-refractivity contribution is 14.0. The van der Waals surface area contributed by atoms with E-state index in [1.54, 1.807) is 7.05 Å². The Labute approximate surface area is 212 Å². The topological polar surface area (TPSA) is 73.3 Å². The summed E-state index contributed by atoms with van der Waals surface area (Å²) in [4.78, 5) is 4.27. The minimum atomic E-state index is -0.280. The molecule has 0 bridgehead atoms. The first-order chi connectivity index (χ1) is 15.6. The molecule has 3 rings (SSSR count). The highest BCUT2D eigenvalue weighted by atomic mass is 127. The van der Waals surface area contributed by atoms with E-state index in [1.165, 1.54) is 12.1 Å². The lowest BCUT2D eigenvalue weighted by molar-refractivity contribution is -0.0172. The predicted molar refractivity (Wildman–Crippen MR) is 138 cm³/mol. The monoisotopic (exact) mass is 573 g/mol. The Hall–Kier alpha value is -2.27. The summed E-state index contributed by atoms with van der Waals surface area (Å²) in [5.74, 6) is 2.66. The number of aliphatic imine (C=N–C) groups is 1. The first kappa shape index (κ1) is 27.0. The lowest BCUT2D eigenvalue weighted by Gasteiger charge is -2.21. The molecule has 0 saturated carbocycles. The second-order valence-corrected chi connectivity index (χ2v) is 7.24. The van der Waals surface area contributed by atoms with Crippen LogP contribution < -0.4 is 24.8 Å². The summed E-state index contributed by atoms with van der Waals surface area (Å²) in [7, 11) is 1.73. The molecule has 7 nitrogen and oxygen atoms in total. The summed E-state index contributed by atoms with van der Waals surface area (Å²) in [6.45, 7) is 6.96. The van der Waals surface area contributed by atoms with Crippen LogP contribution in [-0.4, -0.2) is 46.1 Å². The third-order valence-electron chi connectivity index (χ3n) is 4.98. The molecule has 2 aromatic rings. The molecule has 2 aromatic carbocycles. The third kappa shape index (κ3) is 7.92. The zero-order valence-corrected chi connectivity index (χ0v) is 21.7. The van der Waals surface area contributed by atoms with Gasteiger partial charge < -0.3 is 29.6 Å². The van der Waals surface area contributed by atoms with Gasteiger partial charge in [0.25, 0.3) is 0 Å². The van der Waals surface area contributed by atoms with E-state index < -0.39 is 0 Å². The van der Waals surface area contributed by atoms with Gasteiger partial charge in [-0.25, -0.2) is 4.39 Å². The maximum Gasteiger partial charge on any atom is 0.190 e. The summed E-state index contributed by atoms with van der Waals surface area (Å²) in [5.41, 5.74) is 2.71. The molecule has 0 atom stereocenters. The van der Waals surface area contributed by atoms with Crippen LogP contribution in [0.3, 0.4) is 0 Å². The second kappa shape index (κ2) is 14.1. The summed E-state index contributed by atoms with van der Waals surface area (Å²) in [6, 6.07) is 8.99. The Morgan fingerprint density at radius 2 is 1.76 bits per heavy atom. The van der Waals surface area contributed by atoms with Gasteiger partial charge in [-0.3, -0.25) is 4.99 Å². The molecule has 0 unspecified atom stereocenters. The minimum absolute atomic E-state index is 0. The van der Waals surface area contributed by atoms with Crippen LogP contribution in [0.25, 0.3) is 0 Å². The summed E-state index contributed by atoms with van der Waals surface area (Å²) in [5, 5.41) is 6.58. The van der Waals surface area contributed by atoms with Crippen LogP contribution in [0.4, 0.5) is 4.39 Å². The Balaban J connectivity index is 0.00000385. The van der Waals surface area contributed by atoms with Gasteiger partial charge in [-0.1, -0.05) is 6.07 Å². The lowest BCUT2D eigenvalue weighted by atomic mass is 10.1. The molecule has 0 saturated heterocycles. The molecule has 0 aliphatic carbocycles. The number of hydrogen-bond donors (Lipinski definition) is 2. The van der Waals surface area contributed by atoms with Crippen molar-refractivity contribution in [2.75, 3.05) is 40.1 Å². The maximum absolute atomic E-state index is 13.9. The van der Waals surface area contributed by atoms with Crippen LogP contribution >= 0.6 is 24.0 Å². The number of halogens is 2. The highest BCUT2D eigenvalue weighted by Gasteiger charge is 2.16. The SMILES string of the molecule is CCOc1ccc(CCNC(=NC)NCCc2cc(F)cc3c2OCOC3)cc1OCC.I. The molecule has 33 heavy (non-hydrogen) atoms. The van der Waals surface area contributed by atoms with E-state index in [9.17, 15) is 4.39 Å². The number of hydrogen-bond acceptors (Lipinski definition) is 5. The van der Waals surface area contributed by atoms with Crippen LogP contribution in [0.2, 0.25) is 0 Å². The van der Waals surface area contributed by atoms with Crippen molar-refractivity contribution in [3.05, 3.63) is 52.8 Å². The number of guanidine groups is 1. The van der Waals surface area contributed by atoms with E-state index in [2.05, 4.69) is 15.6 Å². The van der Waals surface area contributed by atoms with Crippen molar-refractivity contribution in [1.29, 1.82) is 0 Å². The van der Waals surface area contributed by atoms with Crippen molar-refractivity contribution in [3.63, 3.8) is 0 Å². The minimum Gasteiger partial charge on any atom is -0.490 e. The van der Waals surface area contributed by atoms with E-state index in [1.807, 2.05) is 32.0 Å². The van der Waals surface area contributed by atoms with Crippen molar-refractivity contribution in [2.24, 2.45) is 4.99 Å². The molecule has 2 N–H and O–H groups in total. The van der Waals surface area contributed by atoms with Gasteiger partial charge in [-0.15, -0.1) is 24.0 Å². The van der Waals surface area contributed by atoms with E-state index in [4.69, 9.17) is 18.9 Å². The van der Waals surface area contributed by atoms with Crippen LogP contribution in [0.1, 0.15) is 30.5 Å². The molecule has 0 fully saturated rings. The smallest absolute Gasteiger partial charge is 0.190 e. The average Bonchev–Trinajstić information content (AvgIpc) is 2.79. The van der Waals surface area contributed by atoms with Crippen molar-refractivity contribution < 1.29 is 23.3 Å². The molecule has 1 aliphatic rings. The van der Waals surface area contributed by atoms with E-state index in [-0.39, 0.29) is 36.6 Å². The average molecular weight is 573 g/mol. The number of fused-ring (bicyclic) bond motifs is 1. The number of ether oxygens (including phenoxy) is 4. The van der Waals surface area contributed by atoms with Crippen molar-refractivity contribution >= 4 is 29.9 Å². The van der Waals surface area contributed by atoms with Gasteiger partial charge in [-0.05, 0) is 62.1 Å². The van der Waals surface area contributed by atoms with Crippen LogP contribution in [-0.2, 0) is 24.2 Å². The fraction of sp³-hybridized carbons (Fsp3) is 0.458. The zero-order chi connectivity index (χ0) is 22.8.